The van der Waals surface area contributed by atoms with Gasteiger partial charge in [0.05, 0.1) is 4.92 Å². The van der Waals surface area contributed by atoms with Gasteiger partial charge in [-0.1, -0.05) is 35.9 Å². The molecule has 0 saturated heterocycles. The van der Waals surface area contributed by atoms with Crippen LogP contribution in [0, 0.1) is 17.0 Å². The third kappa shape index (κ3) is 3.04. The largest absolute Gasteiger partial charge is 0.402 e. The van der Waals surface area contributed by atoms with Crippen molar-refractivity contribution in [3.8, 4) is 0 Å². The zero-order valence-electron chi connectivity index (χ0n) is 12.5. The molecular formula is C17H11ClN2O4. The van der Waals surface area contributed by atoms with E-state index in [9.17, 15) is 14.9 Å². The molecule has 24 heavy (non-hydrogen) atoms. The first-order valence-corrected chi connectivity index (χ1v) is 7.36. The molecule has 2 aromatic carbocycles. The third-order valence-electron chi connectivity index (χ3n) is 3.47. The molecule has 0 saturated carbocycles. The lowest BCUT2D eigenvalue weighted by atomic mass is 10.1. The number of benzene rings is 2. The molecule has 1 heterocycles. The first-order chi connectivity index (χ1) is 11.5. The van der Waals surface area contributed by atoms with Gasteiger partial charge in [-0.05, 0) is 30.7 Å². The van der Waals surface area contributed by atoms with Gasteiger partial charge in [0.2, 0.25) is 5.90 Å². The molecule has 0 bridgehead atoms. The van der Waals surface area contributed by atoms with E-state index in [4.69, 9.17) is 16.3 Å². The highest BCUT2D eigenvalue weighted by Crippen LogP contribution is 2.25. The fourth-order valence-corrected chi connectivity index (χ4v) is 2.40. The van der Waals surface area contributed by atoms with Crippen LogP contribution in [0.25, 0.3) is 6.08 Å². The molecule has 0 atom stereocenters. The lowest BCUT2D eigenvalue weighted by Crippen LogP contribution is -2.06. The quantitative estimate of drug-likeness (QED) is 0.366. The second-order valence-electron chi connectivity index (χ2n) is 5.12. The number of carbonyl (C=O) groups is 1. The summed E-state index contributed by atoms with van der Waals surface area (Å²) in [5, 5.41) is 11.5. The van der Waals surface area contributed by atoms with Crippen LogP contribution in [-0.2, 0) is 9.53 Å². The van der Waals surface area contributed by atoms with Gasteiger partial charge < -0.3 is 4.74 Å². The van der Waals surface area contributed by atoms with E-state index >= 15 is 0 Å². The summed E-state index contributed by atoms with van der Waals surface area (Å²) < 4.78 is 5.12. The van der Waals surface area contributed by atoms with Crippen molar-refractivity contribution in [2.45, 2.75) is 6.92 Å². The van der Waals surface area contributed by atoms with Crippen LogP contribution < -0.4 is 0 Å². The smallest absolute Gasteiger partial charge is 0.363 e. The van der Waals surface area contributed by atoms with Gasteiger partial charge in [-0.15, -0.1) is 0 Å². The summed E-state index contributed by atoms with van der Waals surface area (Å²) in [6.45, 7) is 1.63. The fraction of sp³-hybridized carbons (Fsp3) is 0.0588. The lowest BCUT2D eigenvalue weighted by Gasteiger charge is -2.01. The van der Waals surface area contributed by atoms with Crippen LogP contribution in [0.5, 0.6) is 0 Å². The molecule has 0 N–H and O–H groups in total. The number of esters is 1. The standard InChI is InChI=1S/C17H11ClN2O4/c1-10-6-7-12(9-15(10)20(22)23)16-19-14(17(21)24-16)8-11-4-2-3-5-13(11)18/h2-9H,1H3. The van der Waals surface area contributed by atoms with Gasteiger partial charge in [-0.2, -0.15) is 0 Å². The summed E-state index contributed by atoms with van der Waals surface area (Å²) in [6, 6.07) is 11.5. The molecule has 7 heteroatoms. The van der Waals surface area contributed by atoms with E-state index in [2.05, 4.69) is 4.99 Å². The van der Waals surface area contributed by atoms with Crippen LogP contribution in [-0.4, -0.2) is 16.8 Å². The molecule has 1 aliphatic rings. The number of halogens is 1. The highest BCUT2D eigenvalue weighted by atomic mass is 35.5. The van der Waals surface area contributed by atoms with E-state index in [-0.39, 0.29) is 17.3 Å². The van der Waals surface area contributed by atoms with Crippen molar-refractivity contribution >= 4 is 35.2 Å². The number of aliphatic imine (C=N–C) groups is 1. The molecule has 0 amide bonds. The first kappa shape index (κ1) is 15.9. The molecule has 1 aliphatic heterocycles. The number of hydrogen-bond acceptors (Lipinski definition) is 5. The zero-order valence-corrected chi connectivity index (χ0v) is 13.3. The summed E-state index contributed by atoms with van der Waals surface area (Å²) in [4.78, 5) is 26.6. The van der Waals surface area contributed by atoms with E-state index in [1.807, 2.05) is 0 Å². The molecule has 0 unspecified atom stereocenters. The Morgan fingerprint density at radius 3 is 2.71 bits per heavy atom. The van der Waals surface area contributed by atoms with E-state index in [0.717, 1.165) is 0 Å². The van der Waals surface area contributed by atoms with Gasteiger partial charge in [0.25, 0.3) is 5.69 Å². The van der Waals surface area contributed by atoms with Crippen LogP contribution in [0.15, 0.2) is 53.2 Å². The van der Waals surface area contributed by atoms with Crippen molar-refractivity contribution in [1.29, 1.82) is 0 Å². The summed E-state index contributed by atoms with van der Waals surface area (Å²) >= 11 is 6.06. The number of cyclic esters (lactones) is 1. The maximum Gasteiger partial charge on any atom is 0.363 e. The Morgan fingerprint density at radius 2 is 2.00 bits per heavy atom. The molecule has 0 fully saturated rings. The van der Waals surface area contributed by atoms with Crippen LogP contribution >= 0.6 is 11.6 Å². The van der Waals surface area contributed by atoms with Crippen molar-refractivity contribution in [1.82, 2.24) is 0 Å². The molecule has 0 spiro atoms. The second-order valence-corrected chi connectivity index (χ2v) is 5.52. The highest BCUT2D eigenvalue weighted by Gasteiger charge is 2.26. The SMILES string of the molecule is Cc1ccc(C2=NC(=Cc3ccccc3Cl)C(=O)O2)cc1[N+](=O)[O-]. The van der Waals surface area contributed by atoms with Gasteiger partial charge in [-0.25, -0.2) is 9.79 Å². The maximum atomic E-state index is 12.0. The van der Waals surface area contributed by atoms with E-state index < -0.39 is 10.9 Å². The minimum Gasteiger partial charge on any atom is -0.402 e. The van der Waals surface area contributed by atoms with Gasteiger partial charge in [-0.3, -0.25) is 10.1 Å². The highest BCUT2D eigenvalue weighted by molar-refractivity contribution is 6.32. The number of nitrogens with zero attached hydrogens (tertiary/aromatic N) is 2. The molecule has 3 rings (SSSR count). The van der Waals surface area contributed by atoms with Crippen LogP contribution in [0.1, 0.15) is 16.7 Å². The number of carbonyl (C=O) groups excluding carboxylic acids is 1. The molecule has 120 valence electrons. The number of nitro groups is 1. The summed E-state index contributed by atoms with van der Waals surface area (Å²) in [5.74, 6) is -0.602. The van der Waals surface area contributed by atoms with Crippen molar-refractivity contribution < 1.29 is 14.5 Å². The Kier molecular flexibility index (Phi) is 4.14. The molecule has 2 aromatic rings. The molecule has 0 aromatic heterocycles. The van der Waals surface area contributed by atoms with Gasteiger partial charge in [0.15, 0.2) is 5.70 Å². The van der Waals surface area contributed by atoms with Gasteiger partial charge in [0, 0.05) is 22.2 Å². The Balaban J connectivity index is 2.00. The fourth-order valence-electron chi connectivity index (χ4n) is 2.21. The topological polar surface area (TPSA) is 81.8 Å². The number of rotatable bonds is 3. The van der Waals surface area contributed by atoms with Gasteiger partial charge in [0.1, 0.15) is 0 Å². The molecule has 0 aliphatic carbocycles. The monoisotopic (exact) mass is 342 g/mol. The average Bonchev–Trinajstić information content (AvgIpc) is 2.91. The zero-order chi connectivity index (χ0) is 17.3. The average molecular weight is 343 g/mol. The van der Waals surface area contributed by atoms with Crippen LogP contribution in [0.2, 0.25) is 5.02 Å². The second kappa shape index (κ2) is 6.25. The van der Waals surface area contributed by atoms with E-state index in [1.54, 1.807) is 43.3 Å². The lowest BCUT2D eigenvalue weighted by molar-refractivity contribution is -0.385. The number of hydrogen-bond donors (Lipinski definition) is 0. The normalized spacial score (nSPS) is 15.3. The predicted octanol–water partition coefficient (Wildman–Crippen LogP) is 3.90. The van der Waals surface area contributed by atoms with Crippen molar-refractivity contribution in [3.63, 3.8) is 0 Å². The first-order valence-electron chi connectivity index (χ1n) is 6.98. The predicted molar refractivity (Wildman–Crippen MR) is 89.9 cm³/mol. The maximum absolute atomic E-state index is 12.0. The Morgan fingerprint density at radius 1 is 1.25 bits per heavy atom. The van der Waals surface area contributed by atoms with Gasteiger partial charge >= 0.3 is 5.97 Å². The third-order valence-corrected chi connectivity index (χ3v) is 3.81. The molecule has 6 nitrogen and oxygen atoms in total. The molecular weight excluding hydrogens is 332 g/mol. The van der Waals surface area contributed by atoms with Crippen LogP contribution in [0.4, 0.5) is 5.69 Å². The van der Waals surface area contributed by atoms with Crippen molar-refractivity contribution in [2.75, 3.05) is 0 Å². The number of ether oxygens (including phenoxy) is 1. The summed E-state index contributed by atoms with van der Waals surface area (Å²) in [5.41, 5.74) is 1.53. The minimum absolute atomic E-state index is 0.0291. The van der Waals surface area contributed by atoms with Crippen LogP contribution in [0.3, 0.4) is 0 Å². The minimum atomic E-state index is -0.631. The number of aryl methyl sites for hydroxylation is 1. The van der Waals surface area contributed by atoms with Crippen molar-refractivity contribution in [3.05, 3.63) is 80.0 Å². The Hall–Kier alpha value is -2.99. The summed E-state index contributed by atoms with van der Waals surface area (Å²) in [7, 11) is 0. The van der Waals surface area contributed by atoms with E-state index in [1.165, 1.54) is 12.1 Å². The summed E-state index contributed by atoms with van der Waals surface area (Å²) in [6.07, 6.45) is 1.51. The Bertz CT molecular complexity index is 919. The van der Waals surface area contributed by atoms with E-state index in [0.29, 0.717) is 21.7 Å². The number of nitro benzene ring substituents is 1. The van der Waals surface area contributed by atoms with Crippen molar-refractivity contribution in [2.24, 2.45) is 4.99 Å². The molecule has 0 radical (unpaired) electrons. The Labute approximate surface area is 142 Å².